The van der Waals surface area contributed by atoms with Crippen molar-refractivity contribution in [2.75, 3.05) is 19.6 Å². The summed E-state index contributed by atoms with van der Waals surface area (Å²) >= 11 is 0. The molecule has 3 heterocycles. The summed E-state index contributed by atoms with van der Waals surface area (Å²) < 4.78 is 1.81. The molecule has 2 fully saturated rings. The Morgan fingerprint density at radius 1 is 1.07 bits per heavy atom. The number of aryl methyl sites for hydroxylation is 1. The number of aromatic nitrogens is 3. The van der Waals surface area contributed by atoms with Crippen molar-refractivity contribution in [3.8, 4) is 11.1 Å². The third-order valence-electron chi connectivity index (χ3n) is 6.17. The van der Waals surface area contributed by atoms with Gasteiger partial charge < -0.3 is 5.32 Å². The maximum absolute atomic E-state index is 12.3. The van der Waals surface area contributed by atoms with Crippen molar-refractivity contribution < 1.29 is 4.79 Å². The first-order valence-electron chi connectivity index (χ1n) is 10.6. The Balaban J connectivity index is 1.25. The lowest BCUT2D eigenvalue weighted by atomic mass is 9.92. The number of pyridine rings is 1. The molecule has 0 aromatic carbocycles. The highest BCUT2D eigenvalue weighted by Crippen LogP contribution is 2.28. The lowest BCUT2D eigenvalue weighted by Gasteiger charge is -2.32. The summed E-state index contributed by atoms with van der Waals surface area (Å²) in [7, 11) is 1.93. The van der Waals surface area contributed by atoms with E-state index < -0.39 is 0 Å². The van der Waals surface area contributed by atoms with Crippen LogP contribution in [0.25, 0.3) is 11.1 Å². The molecule has 4 rings (SSSR count). The molecule has 0 spiro atoms. The van der Waals surface area contributed by atoms with Crippen LogP contribution in [0.4, 0.5) is 0 Å². The molecular formula is C22H31N5O. The van der Waals surface area contributed by atoms with Crippen LogP contribution in [0.3, 0.4) is 0 Å². The smallest absolute Gasteiger partial charge is 0.234 e. The Bertz CT molecular complexity index is 770. The molecule has 0 bridgehead atoms. The maximum atomic E-state index is 12.3. The van der Waals surface area contributed by atoms with Crippen LogP contribution in [0.1, 0.15) is 56.6 Å². The standard InChI is InChI=1S/C22H31N5O/c1-26-15-19(14-24-26)18-7-8-21(23-13-18)17-9-11-27(12-10-17)16-22(28)25-20-5-3-2-4-6-20/h7-8,13-15,17,20H,2-6,9-12,16H2,1H3,(H,25,28). The molecule has 6 heteroatoms. The zero-order valence-electron chi connectivity index (χ0n) is 16.8. The minimum atomic E-state index is 0.198. The topological polar surface area (TPSA) is 63.1 Å². The molecule has 1 aliphatic carbocycles. The number of piperidine rings is 1. The Hall–Kier alpha value is -2.21. The van der Waals surface area contributed by atoms with E-state index in [0.717, 1.165) is 49.9 Å². The average Bonchev–Trinajstić information content (AvgIpc) is 3.16. The SMILES string of the molecule is Cn1cc(-c2ccc(C3CCN(CC(=O)NC4CCCCC4)CC3)nc2)cn1. The second kappa shape index (κ2) is 8.86. The highest BCUT2D eigenvalue weighted by molar-refractivity contribution is 5.78. The van der Waals surface area contributed by atoms with Crippen LogP contribution in [0.2, 0.25) is 0 Å². The van der Waals surface area contributed by atoms with E-state index in [9.17, 15) is 4.79 Å². The van der Waals surface area contributed by atoms with Crippen LogP contribution in [-0.2, 0) is 11.8 Å². The van der Waals surface area contributed by atoms with Gasteiger partial charge >= 0.3 is 0 Å². The van der Waals surface area contributed by atoms with Crippen molar-refractivity contribution in [3.63, 3.8) is 0 Å². The van der Waals surface area contributed by atoms with Gasteiger partial charge in [0.1, 0.15) is 0 Å². The summed E-state index contributed by atoms with van der Waals surface area (Å²) in [4.78, 5) is 19.3. The van der Waals surface area contributed by atoms with Gasteiger partial charge in [-0.2, -0.15) is 5.10 Å². The average molecular weight is 382 g/mol. The fraction of sp³-hybridized carbons (Fsp3) is 0.591. The Morgan fingerprint density at radius 3 is 2.50 bits per heavy atom. The number of nitrogens with zero attached hydrogens (tertiary/aromatic N) is 4. The van der Waals surface area contributed by atoms with Gasteiger partial charge in [0.25, 0.3) is 0 Å². The van der Waals surface area contributed by atoms with Crippen molar-refractivity contribution >= 4 is 5.91 Å². The zero-order valence-corrected chi connectivity index (χ0v) is 16.8. The summed E-state index contributed by atoms with van der Waals surface area (Å²) in [5.41, 5.74) is 3.37. The number of amides is 1. The molecule has 2 aromatic heterocycles. The van der Waals surface area contributed by atoms with E-state index in [0.29, 0.717) is 18.5 Å². The predicted molar refractivity (Wildman–Crippen MR) is 110 cm³/mol. The molecule has 1 saturated heterocycles. The number of rotatable bonds is 5. The zero-order chi connectivity index (χ0) is 19.3. The van der Waals surface area contributed by atoms with Crippen LogP contribution < -0.4 is 5.32 Å². The largest absolute Gasteiger partial charge is 0.352 e. The van der Waals surface area contributed by atoms with Gasteiger partial charge in [-0.1, -0.05) is 25.3 Å². The maximum Gasteiger partial charge on any atom is 0.234 e. The molecule has 1 N–H and O–H groups in total. The first-order chi connectivity index (χ1) is 13.7. The predicted octanol–water partition coefficient (Wildman–Crippen LogP) is 3.11. The molecule has 28 heavy (non-hydrogen) atoms. The number of likely N-dealkylation sites (tertiary alicyclic amines) is 1. The number of nitrogens with one attached hydrogen (secondary N) is 1. The van der Waals surface area contributed by atoms with Crippen molar-refractivity contribution in [3.05, 3.63) is 36.4 Å². The molecule has 1 saturated carbocycles. The van der Waals surface area contributed by atoms with Crippen molar-refractivity contribution in [2.45, 2.75) is 56.9 Å². The molecule has 0 radical (unpaired) electrons. The molecular weight excluding hydrogens is 350 g/mol. The number of carbonyl (C=O) groups is 1. The van der Waals surface area contributed by atoms with Crippen LogP contribution >= 0.6 is 0 Å². The lowest BCUT2D eigenvalue weighted by Crippen LogP contribution is -2.44. The van der Waals surface area contributed by atoms with E-state index in [1.54, 1.807) is 0 Å². The molecule has 0 unspecified atom stereocenters. The minimum Gasteiger partial charge on any atom is -0.352 e. The fourth-order valence-corrected chi connectivity index (χ4v) is 4.50. The van der Waals surface area contributed by atoms with Gasteiger partial charge in [-0.15, -0.1) is 0 Å². The van der Waals surface area contributed by atoms with E-state index >= 15 is 0 Å². The molecule has 0 atom stereocenters. The fourth-order valence-electron chi connectivity index (χ4n) is 4.50. The van der Waals surface area contributed by atoms with Gasteiger partial charge in [-0.25, -0.2) is 0 Å². The van der Waals surface area contributed by atoms with E-state index in [2.05, 4.69) is 27.4 Å². The van der Waals surface area contributed by atoms with Crippen LogP contribution in [-0.4, -0.2) is 51.2 Å². The summed E-state index contributed by atoms with van der Waals surface area (Å²) in [6.45, 7) is 2.47. The van der Waals surface area contributed by atoms with Gasteiger partial charge in [0.15, 0.2) is 0 Å². The van der Waals surface area contributed by atoms with Gasteiger partial charge in [0.2, 0.25) is 5.91 Å². The second-order valence-electron chi connectivity index (χ2n) is 8.33. The van der Waals surface area contributed by atoms with E-state index in [1.165, 1.54) is 25.0 Å². The van der Waals surface area contributed by atoms with Crippen molar-refractivity contribution in [2.24, 2.45) is 7.05 Å². The third kappa shape index (κ3) is 4.79. The Labute approximate surface area is 167 Å². The van der Waals surface area contributed by atoms with E-state index in [-0.39, 0.29) is 5.91 Å². The normalized spacial score (nSPS) is 19.6. The van der Waals surface area contributed by atoms with Gasteiger partial charge in [-0.05, 0) is 44.8 Å². The number of hydrogen-bond acceptors (Lipinski definition) is 4. The molecule has 1 amide bonds. The minimum absolute atomic E-state index is 0.198. The number of carbonyl (C=O) groups excluding carboxylic acids is 1. The van der Waals surface area contributed by atoms with E-state index in [4.69, 9.17) is 4.98 Å². The third-order valence-corrected chi connectivity index (χ3v) is 6.17. The van der Waals surface area contributed by atoms with Gasteiger partial charge in [-0.3, -0.25) is 19.4 Å². The summed E-state index contributed by atoms with van der Waals surface area (Å²) in [5, 5.41) is 7.46. The van der Waals surface area contributed by atoms with Crippen molar-refractivity contribution in [1.29, 1.82) is 0 Å². The first-order valence-corrected chi connectivity index (χ1v) is 10.6. The first kappa shape index (κ1) is 19.1. The van der Waals surface area contributed by atoms with Crippen LogP contribution in [0.15, 0.2) is 30.7 Å². The van der Waals surface area contributed by atoms with E-state index in [1.807, 2.05) is 30.3 Å². The summed E-state index contributed by atoms with van der Waals surface area (Å²) in [6.07, 6.45) is 14.1. The second-order valence-corrected chi connectivity index (χ2v) is 8.33. The quantitative estimate of drug-likeness (QED) is 0.864. The molecule has 6 nitrogen and oxygen atoms in total. The van der Waals surface area contributed by atoms with Crippen molar-refractivity contribution in [1.82, 2.24) is 25.0 Å². The highest BCUT2D eigenvalue weighted by Gasteiger charge is 2.24. The summed E-state index contributed by atoms with van der Waals surface area (Å²) in [6, 6.07) is 4.70. The molecule has 150 valence electrons. The van der Waals surface area contributed by atoms with Gasteiger partial charge in [0.05, 0.1) is 12.7 Å². The Morgan fingerprint density at radius 2 is 1.86 bits per heavy atom. The monoisotopic (exact) mass is 381 g/mol. The van der Waals surface area contributed by atoms with Crippen LogP contribution in [0, 0.1) is 0 Å². The Kier molecular flexibility index (Phi) is 6.05. The molecule has 2 aliphatic rings. The van der Waals surface area contributed by atoms with Crippen LogP contribution in [0.5, 0.6) is 0 Å². The number of hydrogen-bond donors (Lipinski definition) is 1. The lowest BCUT2D eigenvalue weighted by molar-refractivity contribution is -0.123. The molecule has 2 aromatic rings. The molecule has 1 aliphatic heterocycles. The highest BCUT2D eigenvalue weighted by atomic mass is 16.2. The van der Waals surface area contributed by atoms with Gasteiger partial charge in [0, 0.05) is 48.2 Å². The summed E-state index contributed by atoms with van der Waals surface area (Å²) in [5.74, 6) is 0.685.